The number of rotatable bonds is 6. The van der Waals surface area contributed by atoms with Gasteiger partial charge in [-0.15, -0.1) is 11.3 Å². The molecule has 1 aromatic heterocycles. The Balaban J connectivity index is 1.09. The SMILES string of the molecule is Cc1cc2c3c(c1)N(c1ccc(C(C)(C)C)cc1)c1c(sc4cc5c(cc14)-c1ccc(C(C)C)cc1C51c4ccccc4-c4ccccc41)B3c1ccc(-c3c(C(C)C)cccc3C(C)C)cc1N2c1ccc(C(C)(C)C)cc1. The molecule has 390 valence electrons. The van der Waals surface area contributed by atoms with Crippen molar-refractivity contribution in [3.8, 4) is 33.4 Å². The van der Waals surface area contributed by atoms with E-state index in [0.29, 0.717) is 17.8 Å². The minimum Gasteiger partial charge on any atom is -0.311 e. The van der Waals surface area contributed by atoms with Crippen molar-refractivity contribution < 1.29 is 0 Å². The van der Waals surface area contributed by atoms with E-state index in [4.69, 9.17) is 0 Å². The Bertz CT molecular complexity index is 4080. The van der Waals surface area contributed by atoms with Crippen LogP contribution in [0.5, 0.6) is 0 Å². The van der Waals surface area contributed by atoms with Gasteiger partial charge in [-0.3, -0.25) is 0 Å². The predicted molar refractivity (Wildman–Crippen MR) is 342 cm³/mol. The first-order valence-electron chi connectivity index (χ1n) is 29.0. The molecule has 0 radical (unpaired) electrons. The zero-order valence-corrected chi connectivity index (χ0v) is 49.2. The van der Waals surface area contributed by atoms with E-state index in [1.165, 1.54) is 149 Å². The maximum atomic E-state index is 2.66. The van der Waals surface area contributed by atoms with E-state index >= 15 is 0 Å². The van der Waals surface area contributed by atoms with Gasteiger partial charge < -0.3 is 9.80 Å². The van der Waals surface area contributed by atoms with Crippen LogP contribution in [-0.4, -0.2) is 6.71 Å². The van der Waals surface area contributed by atoms with Crippen LogP contribution in [0.1, 0.15) is 156 Å². The van der Waals surface area contributed by atoms with Crippen molar-refractivity contribution in [1.29, 1.82) is 0 Å². The molecule has 0 saturated heterocycles. The highest BCUT2D eigenvalue weighted by Gasteiger charge is 2.53. The minimum absolute atomic E-state index is 0.0141. The minimum atomic E-state index is -0.449. The van der Waals surface area contributed by atoms with Crippen LogP contribution in [0.3, 0.4) is 0 Å². The molecule has 2 aliphatic heterocycles. The van der Waals surface area contributed by atoms with Gasteiger partial charge in [0.15, 0.2) is 0 Å². The molecular weight excluding hydrogens is 972 g/mol. The molecule has 0 bridgehead atoms. The fourth-order valence-corrected chi connectivity index (χ4v) is 15.8. The standard InChI is InChI=1S/C75H71BN2S/c1-43(2)47-25-35-57-58-41-59-68(42-63(58)75(62(57)39-47)60-23-16-14-19-55(60)56-20-15-17-24-61(56)75)79-72-71(59)78(52-33-29-50(30-34-52)74(11,12)13)67-38-46(7)37-66-70(67)76(72)64-36-26-48(69-53(44(3)4)21-18-22-54(69)45(5)6)40-65(64)77(66)51-31-27-49(28-32-51)73(8,9)10/h14-45H,1-13H3. The van der Waals surface area contributed by atoms with E-state index in [1.807, 2.05) is 11.3 Å². The van der Waals surface area contributed by atoms with Crippen LogP contribution in [0.4, 0.5) is 34.1 Å². The summed E-state index contributed by atoms with van der Waals surface area (Å²) in [6.07, 6.45) is 0. The molecule has 14 rings (SSSR count). The van der Waals surface area contributed by atoms with Gasteiger partial charge in [0.05, 0.1) is 11.1 Å². The summed E-state index contributed by atoms with van der Waals surface area (Å²) in [5, 5.41) is 1.31. The van der Waals surface area contributed by atoms with E-state index in [2.05, 4.69) is 276 Å². The van der Waals surface area contributed by atoms with Crippen molar-refractivity contribution in [2.24, 2.45) is 0 Å². The van der Waals surface area contributed by atoms with E-state index < -0.39 is 5.41 Å². The van der Waals surface area contributed by atoms with Gasteiger partial charge in [-0.05, 0) is 190 Å². The average Bonchev–Trinajstić information content (AvgIpc) is 3.87. The van der Waals surface area contributed by atoms with Crippen molar-refractivity contribution >= 4 is 78.0 Å². The van der Waals surface area contributed by atoms with Gasteiger partial charge in [-0.25, -0.2) is 0 Å². The van der Waals surface area contributed by atoms with Crippen molar-refractivity contribution in [2.75, 3.05) is 9.80 Å². The Morgan fingerprint density at radius 2 is 1.01 bits per heavy atom. The highest BCUT2D eigenvalue weighted by atomic mass is 32.1. The van der Waals surface area contributed by atoms with Crippen molar-refractivity contribution in [2.45, 2.75) is 124 Å². The maximum absolute atomic E-state index is 2.66. The van der Waals surface area contributed by atoms with Crippen molar-refractivity contribution in [3.05, 3.63) is 232 Å². The normalized spacial score (nSPS) is 14.5. The molecule has 4 aliphatic rings. The third-order valence-corrected chi connectivity index (χ3v) is 19.6. The lowest BCUT2D eigenvalue weighted by Gasteiger charge is -2.43. The molecule has 2 aliphatic carbocycles. The number of aryl methyl sites for hydroxylation is 1. The predicted octanol–water partition coefficient (Wildman–Crippen LogP) is 19.3. The highest BCUT2D eigenvalue weighted by Crippen LogP contribution is 2.64. The van der Waals surface area contributed by atoms with Gasteiger partial charge >= 0.3 is 0 Å². The largest absolute Gasteiger partial charge is 0.311 e. The molecule has 10 aromatic rings. The average molecular weight is 1040 g/mol. The fourth-order valence-electron chi connectivity index (χ4n) is 14.4. The van der Waals surface area contributed by atoms with Crippen LogP contribution in [0.25, 0.3) is 43.5 Å². The van der Waals surface area contributed by atoms with Gasteiger partial charge in [-0.2, -0.15) is 0 Å². The molecule has 0 N–H and O–H groups in total. The summed E-state index contributed by atoms with van der Waals surface area (Å²) < 4.78 is 2.73. The number of thiophene rings is 1. The van der Waals surface area contributed by atoms with Crippen LogP contribution in [0.15, 0.2) is 176 Å². The molecule has 0 atom stereocenters. The molecule has 2 nitrogen and oxygen atoms in total. The number of hydrogen-bond acceptors (Lipinski definition) is 3. The molecule has 1 spiro atoms. The topological polar surface area (TPSA) is 6.48 Å². The Labute approximate surface area is 473 Å². The molecule has 4 heteroatoms. The Morgan fingerprint density at radius 3 is 1.58 bits per heavy atom. The molecule has 79 heavy (non-hydrogen) atoms. The van der Waals surface area contributed by atoms with E-state index in [-0.39, 0.29) is 17.5 Å². The summed E-state index contributed by atoms with van der Waals surface area (Å²) in [5.41, 5.74) is 31.4. The lowest BCUT2D eigenvalue weighted by molar-refractivity contribution is 0.590. The quantitative estimate of drug-likeness (QED) is 0.153. The summed E-state index contributed by atoms with van der Waals surface area (Å²) in [4.78, 5) is 5.28. The zero-order valence-electron chi connectivity index (χ0n) is 48.4. The second-order valence-corrected chi connectivity index (χ2v) is 27.4. The van der Waals surface area contributed by atoms with Crippen molar-refractivity contribution in [3.63, 3.8) is 0 Å². The molecule has 9 aromatic carbocycles. The number of nitrogens with zero attached hydrogens (tertiary/aromatic N) is 2. The monoisotopic (exact) mass is 1040 g/mol. The fraction of sp³-hybridized carbons (Fsp3) is 0.253. The van der Waals surface area contributed by atoms with Crippen LogP contribution in [0, 0.1) is 6.92 Å². The summed E-state index contributed by atoms with van der Waals surface area (Å²) in [6.45, 7) is 30.3. The molecule has 0 unspecified atom stereocenters. The molecule has 3 heterocycles. The summed E-state index contributed by atoms with van der Waals surface area (Å²) in [5.74, 6) is 1.14. The van der Waals surface area contributed by atoms with E-state index in [0.717, 1.165) is 0 Å². The smallest absolute Gasteiger partial charge is 0.264 e. The van der Waals surface area contributed by atoms with Crippen LogP contribution in [0.2, 0.25) is 0 Å². The Kier molecular flexibility index (Phi) is 11.1. The molecule has 0 fully saturated rings. The molecular formula is C75H71BN2S. The lowest BCUT2D eigenvalue weighted by Crippen LogP contribution is -2.60. The second-order valence-electron chi connectivity index (χ2n) is 26.3. The van der Waals surface area contributed by atoms with Gasteiger partial charge in [-0.1, -0.05) is 204 Å². The highest BCUT2D eigenvalue weighted by molar-refractivity contribution is 7.33. The second kappa shape index (κ2) is 17.6. The Hall–Kier alpha value is -7.40. The summed E-state index contributed by atoms with van der Waals surface area (Å²) in [6, 6.07) is 69.7. The van der Waals surface area contributed by atoms with E-state index in [1.54, 1.807) is 0 Å². The van der Waals surface area contributed by atoms with Gasteiger partial charge in [0, 0.05) is 43.3 Å². The summed E-state index contributed by atoms with van der Waals surface area (Å²) >= 11 is 2.02. The summed E-state index contributed by atoms with van der Waals surface area (Å²) in [7, 11) is 0. The van der Waals surface area contributed by atoms with Gasteiger partial charge in [0.2, 0.25) is 0 Å². The van der Waals surface area contributed by atoms with Gasteiger partial charge in [0.1, 0.15) is 0 Å². The lowest BCUT2D eigenvalue weighted by atomic mass is 9.36. The van der Waals surface area contributed by atoms with E-state index in [9.17, 15) is 0 Å². The maximum Gasteiger partial charge on any atom is 0.264 e. The molecule has 0 amide bonds. The van der Waals surface area contributed by atoms with Crippen LogP contribution < -0.4 is 25.5 Å². The van der Waals surface area contributed by atoms with Crippen LogP contribution in [-0.2, 0) is 16.2 Å². The first-order valence-corrected chi connectivity index (χ1v) is 29.8. The van der Waals surface area contributed by atoms with Gasteiger partial charge in [0.25, 0.3) is 6.71 Å². The van der Waals surface area contributed by atoms with Crippen LogP contribution >= 0.6 is 11.3 Å². The number of fused-ring (bicyclic) bond motifs is 16. The first kappa shape index (κ1) is 49.9. The number of benzene rings is 9. The Morgan fingerprint density at radius 1 is 0.468 bits per heavy atom. The first-order chi connectivity index (χ1) is 37.8. The third-order valence-electron chi connectivity index (χ3n) is 18.4. The number of hydrogen-bond donors (Lipinski definition) is 0. The van der Waals surface area contributed by atoms with Crippen molar-refractivity contribution in [1.82, 2.24) is 0 Å². The number of anilines is 6. The zero-order chi connectivity index (χ0) is 54.8. The third kappa shape index (κ3) is 7.22. The molecule has 0 saturated carbocycles.